The van der Waals surface area contributed by atoms with Gasteiger partial charge in [0.1, 0.15) is 5.58 Å². The Morgan fingerprint density at radius 3 is 2.75 bits per heavy atom. The summed E-state index contributed by atoms with van der Waals surface area (Å²) in [4.78, 5) is 26.4. The fourth-order valence-electron chi connectivity index (χ4n) is 3.43. The van der Waals surface area contributed by atoms with Crippen LogP contribution < -0.4 is 5.32 Å². The van der Waals surface area contributed by atoms with Crippen LogP contribution in [0.25, 0.3) is 17.0 Å². The molecule has 1 N–H and O–H groups in total. The van der Waals surface area contributed by atoms with Crippen molar-refractivity contribution < 1.29 is 18.4 Å². The van der Waals surface area contributed by atoms with Gasteiger partial charge >= 0.3 is 0 Å². The number of nitrogens with one attached hydrogen (secondary N) is 1. The van der Waals surface area contributed by atoms with E-state index in [9.17, 15) is 9.59 Å². The van der Waals surface area contributed by atoms with Crippen LogP contribution in [-0.4, -0.2) is 36.3 Å². The Morgan fingerprint density at radius 1 is 1.18 bits per heavy atom. The van der Waals surface area contributed by atoms with Crippen molar-refractivity contribution in [3.8, 4) is 0 Å². The summed E-state index contributed by atoms with van der Waals surface area (Å²) >= 11 is 0. The largest absolute Gasteiger partial charge is 0.472 e. The number of amides is 2. The van der Waals surface area contributed by atoms with Crippen molar-refractivity contribution in [2.45, 2.75) is 12.8 Å². The molecule has 0 radical (unpaired) electrons. The van der Waals surface area contributed by atoms with Gasteiger partial charge in [0.05, 0.1) is 12.5 Å². The summed E-state index contributed by atoms with van der Waals surface area (Å²) in [6, 6.07) is 11.2. The van der Waals surface area contributed by atoms with E-state index in [0.717, 1.165) is 29.4 Å². The summed E-state index contributed by atoms with van der Waals surface area (Å²) in [5.74, 6) is 0.562. The normalized spacial score (nSPS) is 15.4. The van der Waals surface area contributed by atoms with E-state index in [1.54, 1.807) is 30.7 Å². The minimum absolute atomic E-state index is 0.0678. The molecular formula is C22H22N2O4. The molecule has 0 spiro atoms. The Balaban J connectivity index is 1.25. The van der Waals surface area contributed by atoms with Gasteiger partial charge < -0.3 is 19.1 Å². The van der Waals surface area contributed by atoms with Gasteiger partial charge in [0, 0.05) is 36.7 Å². The van der Waals surface area contributed by atoms with Crippen LogP contribution in [0, 0.1) is 5.92 Å². The van der Waals surface area contributed by atoms with Gasteiger partial charge in [-0.15, -0.1) is 0 Å². The fourth-order valence-corrected chi connectivity index (χ4v) is 3.43. The number of hydrogen-bond acceptors (Lipinski definition) is 4. The SMILES string of the molecule is O=C(C=Cc1ccoc1)NCC1CCN(C(=O)c2cc3ccccc3o2)CC1. The third-order valence-electron chi connectivity index (χ3n) is 5.07. The van der Waals surface area contributed by atoms with E-state index >= 15 is 0 Å². The van der Waals surface area contributed by atoms with Crippen molar-refractivity contribution >= 4 is 28.9 Å². The minimum Gasteiger partial charge on any atom is -0.472 e. The van der Waals surface area contributed by atoms with Crippen molar-refractivity contribution in [2.75, 3.05) is 19.6 Å². The lowest BCUT2D eigenvalue weighted by Crippen LogP contribution is -2.41. The second-order valence-corrected chi connectivity index (χ2v) is 7.02. The maximum Gasteiger partial charge on any atom is 0.289 e. The lowest BCUT2D eigenvalue weighted by molar-refractivity contribution is -0.116. The molecule has 1 aliphatic rings. The number of furan rings is 2. The molecule has 0 atom stereocenters. The molecular weight excluding hydrogens is 356 g/mol. The molecule has 0 bridgehead atoms. The highest BCUT2D eigenvalue weighted by molar-refractivity contribution is 5.96. The van der Waals surface area contributed by atoms with Crippen LogP contribution in [-0.2, 0) is 4.79 Å². The van der Waals surface area contributed by atoms with Crippen molar-refractivity contribution in [3.05, 3.63) is 66.3 Å². The number of likely N-dealkylation sites (tertiary alicyclic amines) is 1. The van der Waals surface area contributed by atoms with Gasteiger partial charge in [-0.2, -0.15) is 0 Å². The standard InChI is InChI=1S/C22H22N2O4/c25-21(6-5-17-9-12-27-15-17)23-14-16-7-10-24(11-8-16)22(26)20-13-18-3-1-2-4-19(18)28-20/h1-6,9,12-13,15-16H,7-8,10-11,14H2,(H,23,25). The Kier molecular flexibility index (Phi) is 5.28. The number of benzene rings is 1. The van der Waals surface area contributed by atoms with Gasteiger partial charge in [0.15, 0.2) is 5.76 Å². The predicted octanol–water partition coefficient (Wildman–Crippen LogP) is 3.71. The topological polar surface area (TPSA) is 75.7 Å². The number of carbonyl (C=O) groups is 2. The van der Waals surface area contributed by atoms with Crippen LogP contribution in [0.2, 0.25) is 0 Å². The van der Waals surface area contributed by atoms with E-state index in [2.05, 4.69) is 5.32 Å². The van der Waals surface area contributed by atoms with Crippen LogP contribution in [0.15, 0.2) is 63.8 Å². The third-order valence-corrected chi connectivity index (χ3v) is 5.07. The maximum atomic E-state index is 12.7. The molecule has 6 heteroatoms. The van der Waals surface area contributed by atoms with E-state index in [0.29, 0.717) is 31.3 Å². The molecule has 4 rings (SSSR count). The molecule has 144 valence electrons. The summed E-state index contributed by atoms with van der Waals surface area (Å²) in [5, 5.41) is 3.87. The molecule has 2 aromatic heterocycles. The molecule has 1 aliphatic heterocycles. The summed E-state index contributed by atoms with van der Waals surface area (Å²) < 4.78 is 10.6. The van der Waals surface area contributed by atoms with Crippen molar-refractivity contribution in [1.29, 1.82) is 0 Å². The number of fused-ring (bicyclic) bond motifs is 1. The molecule has 3 heterocycles. The zero-order chi connectivity index (χ0) is 19.3. The number of piperidine rings is 1. The minimum atomic E-state index is -0.123. The quantitative estimate of drug-likeness (QED) is 0.687. The highest BCUT2D eigenvalue weighted by Crippen LogP contribution is 2.23. The van der Waals surface area contributed by atoms with Crippen LogP contribution in [0.5, 0.6) is 0 Å². The molecule has 1 fully saturated rings. The average Bonchev–Trinajstić information content (AvgIpc) is 3.40. The highest BCUT2D eigenvalue weighted by Gasteiger charge is 2.25. The first kappa shape index (κ1) is 18.1. The first-order valence-electron chi connectivity index (χ1n) is 9.45. The molecule has 1 saturated heterocycles. The molecule has 0 aliphatic carbocycles. The molecule has 28 heavy (non-hydrogen) atoms. The fraction of sp³-hybridized carbons (Fsp3) is 0.273. The summed E-state index contributed by atoms with van der Waals surface area (Å²) in [7, 11) is 0. The van der Waals surface area contributed by atoms with Crippen molar-refractivity contribution in [1.82, 2.24) is 10.2 Å². The van der Waals surface area contributed by atoms with E-state index in [-0.39, 0.29) is 11.8 Å². The Hall–Kier alpha value is -3.28. The lowest BCUT2D eigenvalue weighted by atomic mass is 9.96. The van der Waals surface area contributed by atoms with Crippen LogP contribution in [0.3, 0.4) is 0 Å². The van der Waals surface area contributed by atoms with E-state index in [1.165, 1.54) is 6.08 Å². The number of rotatable bonds is 5. The number of hydrogen-bond donors (Lipinski definition) is 1. The van der Waals surface area contributed by atoms with Gasteiger partial charge in [-0.1, -0.05) is 18.2 Å². The van der Waals surface area contributed by atoms with E-state index in [1.807, 2.05) is 29.2 Å². The third kappa shape index (κ3) is 4.17. The average molecular weight is 378 g/mol. The maximum absolute atomic E-state index is 12.7. The molecule has 3 aromatic rings. The van der Waals surface area contributed by atoms with E-state index in [4.69, 9.17) is 8.83 Å². The van der Waals surface area contributed by atoms with Gasteiger partial charge in [-0.3, -0.25) is 9.59 Å². The second-order valence-electron chi connectivity index (χ2n) is 7.02. The monoisotopic (exact) mass is 378 g/mol. The highest BCUT2D eigenvalue weighted by atomic mass is 16.3. The molecule has 0 saturated carbocycles. The first-order chi connectivity index (χ1) is 13.7. The van der Waals surface area contributed by atoms with Crippen LogP contribution >= 0.6 is 0 Å². The smallest absolute Gasteiger partial charge is 0.289 e. The van der Waals surface area contributed by atoms with E-state index < -0.39 is 0 Å². The Bertz CT molecular complexity index is 946. The van der Waals surface area contributed by atoms with Gasteiger partial charge in [-0.05, 0) is 43.0 Å². The first-order valence-corrected chi connectivity index (χ1v) is 9.45. The van der Waals surface area contributed by atoms with Gasteiger partial charge in [0.25, 0.3) is 5.91 Å². The number of nitrogens with zero attached hydrogens (tertiary/aromatic N) is 1. The predicted molar refractivity (Wildman–Crippen MR) is 106 cm³/mol. The summed E-state index contributed by atoms with van der Waals surface area (Å²) in [6.07, 6.45) is 8.09. The molecule has 1 aromatic carbocycles. The van der Waals surface area contributed by atoms with Gasteiger partial charge in [-0.25, -0.2) is 0 Å². The van der Waals surface area contributed by atoms with Crippen LogP contribution in [0.1, 0.15) is 29.0 Å². The number of para-hydroxylation sites is 1. The zero-order valence-corrected chi connectivity index (χ0v) is 15.5. The Morgan fingerprint density at radius 2 is 2.00 bits per heavy atom. The molecule has 0 unspecified atom stereocenters. The Labute approximate surface area is 162 Å². The molecule has 2 amide bonds. The summed E-state index contributed by atoms with van der Waals surface area (Å²) in [6.45, 7) is 1.95. The van der Waals surface area contributed by atoms with Crippen LogP contribution in [0.4, 0.5) is 0 Å². The zero-order valence-electron chi connectivity index (χ0n) is 15.5. The van der Waals surface area contributed by atoms with Crippen molar-refractivity contribution in [2.24, 2.45) is 5.92 Å². The summed E-state index contributed by atoms with van der Waals surface area (Å²) in [5.41, 5.74) is 1.58. The lowest BCUT2D eigenvalue weighted by Gasteiger charge is -2.31. The van der Waals surface area contributed by atoms with Gasteiger partial charge in [0.2, 0.25) is 5.91 Å². The van der Waals surface area contributed by atoms with Crippen molar-refractivity contribution in [3.63, 3.8) is 0 Å². The number of carbonyl (C=O) groups excluding carboxylic acids is 2. The second kappa shape index (κ2) is 8.17. The molecule has 6 nitrogen and oxygen atoms in total.